The first-order chi connectivity index (χ1) is 9.40. The van der Waals surface area contributed by atoms with E-state index in [2.05, 4.69) is 14.8 Å². The van der Waals surface area contributed by atoms with Gasteiger partial charge in [-0.3, -0.25) is 9.67 Å². The number of aromatic nitrogens is 3. The van der Waals surface area contributed by atoms with Gasteiger partial charge in [0.05, 0.1) is 11.9 Å². The van der Waals surface area contributed by atoms with Crippen LogP contribution in [0.25, 0.3) is 11.3 Å². The van der Waals surface area contributed by atoms with Gasteiger partial charge in [-0.1, -0.05) is 6.07 Å². The number of nitrogens with one attached hydrogen (secondary N) is 1. The van der Waals surface area contributed by atoms with Crippen molar-refractivity contribution in [2.24, 2.45) is 7.05 Å². The van der Waals surface area contributed by atoms with E-state index in [9.17, 15) is 8.42 Å². The lowest BCUT2D eigenvalue weighted by Gasteiger charge is -2.13. The van der Waals surface area contributed by atoms with Gasteiger partial charge in [-0.2, -0.15) is 22.5 Å². The number of aryl methyl sites for hydroxylation is 1. The molecule has 2 heterocycles. The van der Waals surface area contributed by atoms with Crippen molar-refractivity contribution in [3.63, 3.8) is 0 Å². The molecule has 0 amide bonds. The van der Waals surface area contributed by atoms with Crippen LogP contribution in [0.15, 0.2) is 30.7 Å². The molecule has 2 rings (SSSR count). The van der Waals surface area contributed by atoms with E-state index in [-0.39, 0.29) is 6.54 Å². The Balaban J connectivity index is 2.26. The zero-order valence-corrected chi connectivity index (χ0v) is 12.4. The van der Waals surface area contributed by atoms with E-state index >= 15 is 0 Å². The Hall–Kier alpha value is -1.77. The molecule has 0 atom stereocenters. The average Bonchev–Trinajstić information content (AvgIpc) is 2.83. The minimum Gasteiger partial charge on any atom is -0.275 e. The molecular formula is C12H17N5O2S. The number of hydrogen-bond acceptors (Lipinski definition) is 4. The zero-order valence-electron chi connectivity index (χ0n) is 11.6. The summed E-state index contributed by atoms with van der Waals surface area (Å²) in [6.07, 6.45) is 5.21. The van der Waals surface area contributed by atoms with Crippen LogP contribution in [0.5, 0.6) is 0 Å². The molecule has 0 bridgehead atoms. The predicted molar refractivity (Wildman–Crippen MR) is 75.9 cm³/mol. The van der Waals surface area contributed by atoms with Crippen molar-refractivity contribution in [3.8, 4) is 11.3 Å². The lowest BCUT2D eigenvalue weighted by molar-refractivity contribution is 0.505. The lowest BCUT2D eigenvalue weighted by Crippen LogP contribution is -2.35. The fourth-order valence-corrected chi connectivity index (χ4v) is 2.28. The number of nitrogens with zero attached hydrogens (tertiary/aromatic N) is 4. The van der Waals surface area contributed by atoms with Gasteiger partial charge in [0.2, 0.25) is 0 Å². The normalized spacial score (nSPS) is 12.0. The molecule has 0 aliphatic heterocycles. The van der Waals surface area contributed by atoms with Gasteiger partial charge in [0.25, 0.3) is 10.2 Å². The predicted octanol–water partition coefficient (Wildman–Crippen LogP) is 0.378. The van der Waals surface area contributed by atoms with E-state index in [4.69, 9.17) is 0 Å². The first kappa shape index (κ1) is 14.6. The van der Waals surface area contributed by atoms with Gasteiger partial charge in [0.15, 0.2) is 0 Å². The standard InChI is InChI=1S/C12H17N5O2S/c1-16(2)20(18,19)15-8-10-5-4-6-13-12(10)11-7-14-17(3)9-11/h4-7,9,15H,8H2,1-3H3. The zero-order chi connectivity index (χ0) is 14.8. The fourth-order valence-electron chi connectivity index (χ4n) is 1.68. The molecule has 108 valence electrons. The molecular weight excluding hydrogens is 278 g/mol. The second-order valence-electron chi connectivity index (χ2n) is 4.52. The van der Waals surface area contributed by atoms with Crippen LogP contribution in [0.1, 0.15) is 5.56 Å². The molecule has 8 heteroatoms. The molecule has 0 saturated carbocycles. The molecule has 0 saturated heterocycles. The van der Waals surface area contributed by atoms with E-state index in [0.29, 0.717) is 0 Å². The fraction of sp³-hybridized carbons (Fsp3) is 0.333. The molecule has 0 aliphatic rings. The van der Waals surface area contributed by atoms with Crippen LogP contribution in [-0.2, 0) is 23.8 Å². The van der Waals surface area contributed by atoms with Gasteiger partial charge in [-0.25, -0.2) is 0 Å². The highest BCUT2D eigenvalue weighted by Gasteiger charge is 2.14. The molecule has 0 aromatic carbocycles. The highest BCUT2D eigenvalue weighted by Crippen LogP contribution is 2.20. The Bertz CT molecular complexity index is 693. The lowest BCUT2D eigenvalue weighted by atomic mass is 10.1. The Morgan fingerprint density at radius 1 is 1.40 bits per heavy atom. The Kier molecular flexibility index (Phi) is 4.17. The van der Waals surface area contributed by atoms with E-state index in [1.807, 2.05) is 19.3 Å². The summed E-state index contributed by atoms with van der Waals surface area (Å²) in [4.78, 5) is 4.31. The van der Waals surface area contributed by atoms with Crippen LogP contribution in [-0.4, -0.2) is 41.6 Å². The SMILES string of the molecule is CN(C)S(=O)(=O)NCc1cccnc1-c1cnn(C)c1. The quantitative estimate of drug-likeness (QED) is 0.864. The smallest absolute Gasteiger partial charge is 0.275 e. The number of hydrogen-bond donors (Lipinski definition) is 1. The molecule has 0 radical (unpaired) electrons. The van der Waals surface area contributed by atoms with E-state index in [1.54, 1.807) is 23.1 Å². The monoisotopic (exact) mass is 295 g/mol. The van der Waals surface area contributed by atoms with E-state index in [1.165, 1.54) is 14.1 Å². The van der Waals surface area contributed by atoms with E-state index < -0.39 is 10.2 Å². The molecule has 20 heavy (non-hydrogen) atoms. The van der Waals surface area contributed by atoms with Crippen molar-refractivity contribution < 1.29 is 8.42 Å². The van der Waals surface area contributed by atoms with Gasteiger partial charge in [-0.15, -0.1) is 0 Å². The molecule has 0 fully saturated rings. The molecule has 7 nitrogen and oxygen atoms in total. The van der Waals surface area contributed by atoms with Gasteiger partial charge in [-0.05, 0) is 11.6 Å². The average molecular weight is 295 g/mol. The Morgan fingerprint density at radius 3 is 2.75 bits per heavy atom. The van der Waals surface area contributed by atoms with Crippen LogP contribution in [0.2, 0.25) is 0 Å². The third-order valence-electron chi connectivity index (χ3n) is 2.80. The van der Waals surface area contributed by atoms with Crippen molar-refractivity contribution in [2.75, 3.05) is 14.1 Å². The number of pyridine rings is 1. The van der Waals surface area contributed by atoms with Crippen molar-refractivity contribution in [3.05, 3.63) is 36.3 Å². The maximum Gasteiger partial charge on any atom is 0.279 e. The van der Waals surface area contributed by atoms with Crippen LogP contribution >= 0.6 is 0 Å². The van der Waals surface area contributed by atoms with Gasteiger partial charge < -0.3 is 0 Å². The third kappa shape index (κ3) is 3.21. The summed E-state index contributed by atoms with van der Waals surface area (Å²) in [5.74, 6) is 0. The first-order valence-electron chi connectivity index (χ1n) is 6.00. The second-order valence-corrected chi connectivity index (χ2v) is 6.49. The molecule has 2 aromatic rings. The van der Waals surface area contributed by atoms with Crippen LogP contribution in [0.4, 0.5) is 0 Å². The molecule has 0 aliphatic carbocycles. The summed E-state index contributed by atoms with van der Waals surface area (Å²) in [5.41, 5.74) is 2.38. The van der Waals surface area contributed by atoms with Crippen LogP contribution in [0, 0.1) is 0 Å². The molecule has 0 unspecified atom stereocenters. The minimum atomic E-state index is -3.46. The van der Waals surface area contributed by atoms with Crippen LogP contribution in [0.3, 0.4) is 0 Å². The van der Waals surface area contributed by atoms with E-state index in [0.717, 1.165) is 21.1 Å². The maximum atomic E-state index is 11.7. The van der Waals surface area contributed by atoms with Gasteiger partial charge in [0.1, 0.15) is 0 Å². The number of rotatable bonds is 5. The summed E-state index contributed by atoms with van der Waals surface area (Å²) in [6, 6.07) is 3.62. The summed E-state index contributed by atoms with van der Waals surface area (Å²) in [7, 11) is 1.32. The van der Waals surface area contributed by atoms with Crippen molar-refractivity contribution in [1.29, 1.82) is 0 Å². The maximum absolute atomic E-state index is 11.7. The highest BCUT2D eigenvalue weighted by molar-refractivity contribution is 7.87. The Labute approximate surface area is 118 Å². The van der Waals surface area contributed by atoms with Crippen molar-refractivity contribution in [1.82, 2.24) is 23.8 Å². The summed E-state index contributed by atoms with van der Waals surface area (Å²) >= 11 is 0. The van der Waals surface area contributed by atoms with Crippen molar-refractivity contribution >= 4 is 10.2 Å². The summed E-state index contributed by atoms with van der Waals surface area (Å²) in [6.45, 7) is 0.179. The first-order valence-corrected chi connectivity index (χ1v) is 7.44. The third-order valence-corrected chi connectivity index (χ3v) is 4.27. The van der Waals surface area contributed by atoms with Crippen molar-refractivity contribution in [2.45, 2.75) is 6.54 Å². The minimum absolute atomic E-state index is 0.179. The Morgan fingerprint density at radius 2 is 2.15 bits per heavy atom. The summed E-state index contributed by atoms with van der Waals surface area (Å²) < 4.78 is 28.8. The second kappa shape index (κ2) is 5.70. The largest absolute Gasteiger partial charge is 0.279 e. The van der Waals surface area contributed by atoms with Gasteiger partial charge >= 0.3 is 0 Å². The molecule has 1 N–H and O–H groups in total. The van der Waals surface area contributed by atoms with Gasteiger partial charge in [0, 0.05) is 45.6 Å². The topological polar surface area (TPSA) is 80.1 Å². The highest BCUT2D eigenvalue weighted by atomic mass is 32.2. The summed E-state index contributed by atoms with van der Waals surface area (Å²) in [5, 5.41) is 4.10. The molecule has 0 spiro atoms. The molecule has 2 aromatic heterocycles. The van der Waals surface area contributed by atoms with Crippen LogP contribution < -0.4 is 4.72 Å².